The Morgan fingerprint density at radius 1 is 1.69 bits per heavy atom. The predicted octanol–water partition coefficient (Wildman–Crippen LogP) is 0.660. The molecular weight excluding hydrogens is 166 g/mol. The van der Waals surface area contributed by atoms with E-state index in [-0.39, 0.29) is 6.10 Å². The quantitative estimate of drug-likeness (QED) is 0.607. The van der Waals surface area contributed by atoms with E-state index < -0.39 is 0 Å². The minimum absolute atomic E-state index is 0.229. The van der Waals surface area contributed by atoms with Crippen molar-refractivity contribution in [2.24, 2.45) is 0 Å². The molecule has 0 aliphatic heterocycles. The summed E-state index contributed by atoms with van der Waals surface area (Å²) in [6, 6.07) is 1.92. The normalized spacial score (nSPS) is 13.1. The van der Waals surface area contributed by atoms with Crippen LogP contribution in [0.15, 0.2) is 12.3 Å². The monoisotopic (exact) mass is 183 g/mol. The molecule has 0 saturated carbocycles. The number of hydrogen-bond donors (Lipinski definition) is 3. The van der Waals surface area contributed by atoms with E-state index >= 15 is 0 Å². The van der Waals surface area contributed by atoms with Crippen LogP contribution >= 0.6 is 0 Å². The largest absolute Gasteiger partial charge is 0.392 e. The summed E-state index contributed by atoms with van der Waals surface area (Å²) >= 11 is 0. The Hall–Kier alpha value is -0.870. The minimum Gasteiger partial charge on any atom is -0.392 e. The lowest BCUT2D eigenvalue weighted by Crippen LogP contribution is -2.26. The zero-order valence-electron chi connectivity index (χ0n) is 7.95. The third-order valence-electron chi connectivity index (χ3n) is 1.88. The Morgan fingerprint density at radius 2 is 2.54 bits per heavy atom. The first-order valence-corrected chi connectivity index (χ1v) is 4.70. The van der Waals surface area contributed by atoms with Gasteiger partial charge < -0.3 is 10.4 Å². The van der Waals surface area contributed by atoms with Crippen LogP contribution in [0.5, 0.6) is 0 Å². The number of aliphatic hydroxyl groups is 1. The summed E-state index contributed by atoms with van der Waals surface area (Å²) in [7, 11) is 0. The molecule has 0 aromatic carbocycles. The van der Waals surface area contributed by atoms with Crippen LogP contribution in [0.4, 0.5) is 0 Å². The van der Waals surface area contributed by atoms with E-state index in [2.05, 4.69) is 22.4 Å². The molecule has 0 aliphatic rings. The van der Waals surface area contributed by atoms with Crippen LogP contribution in [-0.2, 0) is 6.54 Å². The van der Waals surface area contributed by atoms with Crippen molar-refractivity contribution in [2.75, 3.05) is 6.54 Å². The van der Waals surface area contributed by atoms with E-state index in [1.54, 1.807) is 6.20 Å². The van der Waals surface area contributed by atoms with Crippen LogP contribution in [-0.4, -0.2) is 28.0 Å². The number of hydrogen-bond acceptors (Lipinski definition) is 3. The molecule has 0 radical (unpaired) electrons. The second-order valence-corrected chi connectivity index (χ2v) is 3.16. The second kappa shape index (κ2) is 5.72. The van der Waals surface area contributed by atoms with E-state index in [0.29, 0.717) is 6.54 Å². The van der Waals surface area contributed by atoms with Crippen molar-refractivity contribution >= 4 is 0 Å². The van der Waals surface area contributed by atoms with Gasteiger partial charge in [0.05, 0.1) is 6.10 Å². The zero-order valence-corrected chi connectivity index (χ0v) is 7.95. The number of H-pyrrole nitrogens is 1. The summed E-state index contributed by atoms with van der Waals surface area (Å²) < 4.78 is 0. The van der Waals surface area contributed by atoms with Gasteiger partial charge >= 0.3 is 0 Å². The van der Waals surface area contributed by atoms with E-state index in [4.69, 9.17) is 0 Å². The van der Waals surface area contributed by atoms with E-state index in [0.717, 1.165) is 25.1 Å². The highest BCUT2D eigenvalue weighted by molar-refractivity contribution is 4.96. The van der Waals surface area contributed by atoms with Gasteiger partial charge in [0.15, 0.2) is 0 Å². The lowest BCUT2D eigenvalue weighted by atomic mass is 10.2. The maximum absolute atomic E-state index is 9.39. The first kappa shape index (κ1) is 10.2. The molecule has 4 heteroatoms. The van der Waals surface area contributed by atoms with Gasteiger partial charge in [0, 0.05) is 25.0 Å². The first-order chi connectivity index (χ1) is 6.33. The molecule has 0 amide bonds. The van der Waals surface area contributed by atoms with Crippen molar-refractivity contribution < 1.29 is 5.11 Å². The smallest absolute Gasteiger partial charge is 0.0664 e. The fraction of sp³-hybridized carbons (Fsp3) is 0.667. The number of aromatic nitrogens is 2. The molecule has 1 atom stereocenters. The molecule has 0 fully saturated rings. The molecule has 74 valence electrons. The third-order valence-corrected chi connectivity index (χ3v) is 1.88. The fourth-order valence-corrected chi connectivity index (χ4v) is 1.19. The van der Waals surface area contributed by atoms with Crippen LogP contribution in [0.25, 0.3) is 0 Å². The number of aliphatic hydroxyl groups excluding tert-OH is 1. The van der Waals surface area contributed by atoms with Gasteiger partial charge in [-0.15, -0.1) is 0 Å². The summed E-state index contributed by atoms with van der Waals surface area (Å²) in [4.78, 5) is 0. The van der Waals surface area contributed by atoms with Crippen molar-refractivity contribution in [1.82, 2.24) is 15.5 Å². The maximum Gasteiger partial charge on any atom is 0.0664 e. The highest BCUT2D eigenvalue weighted by Gasteiger charge is 2.01. The number of aromatic amines is 1. The topological polar surface area (TPSA) is 60.9 Å². The molecule has 4 nitrogen and oxygen atoms in total. The highest BCUT2D eigenvalue weighted by Crippen LogP contribution is 1.95. The van der Waals surface area contributed by atoms with Crippen LogP contribution in [0.1, 0.15) is 25.5 Å². The average molecular weight is 183 g/mol. The number of nitrogens with one attached hydrogen (secondary N) is 2. The molecule has 1 unspecified atom stereocenters. The third kappa shape index (κ3) is 4.05. The molecule has 0 spiro atoms. The van der Waals surface area contributed by atoms with Gasteiger partial charge in [-0.25, -0.2) is 0 Å². The van der Waals surface area contributed by atoms with Crippen LogP contribution in [0.3, 0.4) is 0 Å². The Morgan fingerprint density at radius 3 is 3.15 bits per heavy atom. The van der Waals surface area contributed by atoms with Gasteiger partial charge in [-0.3, -0.25) is 5.10 Å². The lowest BCUT2D eigenvalue weighted by Gasteiger charge is -2.09. The van der Waals surface area contributed by atoms with E-state index in [1.807, 2.05) is 6.07 Å². The van der Waals surface area contributed by atoms with Crippen molar-refractivity contribution in [3.8, 4) is 0 Å². The maximum atomic E-state index is 9.39. The lowest BCUT2D eigenvalue weighted by molar-refractivity contribution is 0.160. The molecule has 1 aromatic heterocycles. The molecule has 0 saturated heterocycles. The predicted molar refractivity (Wildman–Crippen MR) is 51.2 cm³/mol. The molecule has 0 aliphatic carbocycles. The van der Waals surface area contributed by atoms with Gasteiger partial charge in [0.1, 0.15) is 0 Å². The van der Waals surface area contributed by atoms with Gasteiger partial charge in [-0.2, -0.15) is 5.10 Å². The zero-order chi connectivity index (χ0) is 9.52. The molecule has 3 N–H and O–H groups in total. The summed E-state index contributed by atoms with van der Waals surface area (Å²) in [6.07, 6.45) is 3.37. The van der Waals surface area contributed by atoms with Crippen molar-refractivity contribution in [1.29, 1.82) is 0 Å². The Labute approximate surface area is 78.4 Å². The number of nitrogens with zero attached hydrogens (tertiary/aromatic N) is 1. The Balaban J connectivity index is 2.07. The van der Waals surface area contributed by atoms with Gasteiger partial charge in [0.25, 0.3) is 0 Å². The van der Waals surface area contributed by atoms with Crippen LogP contribution < -0.4 is 5.32 Å². The molecule has 1 aromatic rings. The standard InChI is InChI=1S/C9H17N3O/c1-2-3-9(13)7-10-6-8-4-5-11-12-8/h4-5,9-10,13H,2-3,6-7H2,1H3,(H,11,12). The molecule has 1 heterocycles. The summed E-state index contributed by atoms with van der Waals surface area (Å²) in [5.41, 5.74) is 1.05. The Bertz CT molecular complexity index is 211. The van der Waals surface area contributed by atoms with Gasteiger partial charge in [0.2, 0.25) is 0 Å². The summed E-state index contributed by atoms with van der Waals surface area (Å²) in [5.74, 6) is 0. The minimum atomic E-state index is -0.229. The molecule has 0 bridgehead atoms. The molecule has 1 rings (SSSR count). The van der Waals surface area contributed by atoms with Crippen molar-refractivity contribution in [2.45, 2.75) is 32.4 Å². The Kier molecular flexibility index (Phi) is 4.49. The van der Waals surface area contributed by atoms with Gasteiger partial charge in [-0.05, 0) is 12.5 Å². The highest BCUT2D eigenvalue weighted by atomic mass is 16.3. The summed E-state index contributed by atoms with van der Waals surface area (Å²) in [6.45, 7) is 3.45. The second-order valence-electron chi connectivity index (χ2n) is 3.16. The molecular formula is C9H17N3O. The fourth-order valence-electron chi connectivity index (χ4n) is 1.19. The molecule has 13 heavy (non-hydrogen) atoms. The van der Waals surface area contributed by atoms with Crippen molar-refractivity contribution in [3.05, 3.63) is 18.0 Å². The average Bonchev–Trinajstić information content (AvgIpc) is 2.57. The van der Waals surface area contributed by atoms with Crippen LogP contribution in [0.2, 0.25) is 0 Å². The van der Waals surface area contributed by atoms with Gasteiger partial charge in [-0.1, -0.05) is 13.3 Å². The van der Waals surface area contributed by atoms with E-state index in [1.165, 1.54) is 0 Å². The first-order valence-electron chi connectivity index (χ1n) is 4.70. The van der Waals surface area contributed by atoms with Crippen molar-refractivity contribution in [3.63, 3.8) is 0 Å². The SMILES string of the molecule is CCCC(O)CNCc1ccn[nH]1. The number of rotatable bonds is 6. The van der Waals surface area contributed by atoms with E-state index in [9.17, 15) is 5.11 Å². The van der Waals surface area contributed by atoms with Crippen LogP contribution in [0, 0.1) is 0 Å². The summed E-state index contributed by atoms with van der Waals surface area (Å²) in [5, 5.41) is 19.2.